The Bertz CT molecular complexity index is 67.9. The minimum atomic E-state index is -0.510. The molecular formula is C7H14O2. The second-order valence-electron chi connectivity index (χ2n) is 2.98. The SMILES string of the molecule is CC1CC(C)O[C@@H](O)C1. The van der Waals surface area contributed by atoms with E-state index in [9.17, 15) is 0 Å². The highest BCUT2D eigenvalue weighted by Gasteiger charge is 2.21. The molecule has 1 saturated heterocycles. The molecule has 9 heavy (non-hydrogen) atoms. The van der Waals surface area contributed by atoms with Crippen molar-refractivity contribution >= 4 is 0 Å². The minimum Gasteiger partial charge on any atom is -0.368 e. The van der Waals surface area contributed by atoms with E-state index in [2.05, 4.69) is 6.92 Å². The monoisotopic (exact) mass is 130 g/mol. The topological polar surface area (TPSA) is 29.5 Å². The third kappa shape index (κ3) is 1.95. The lowest BCUT2D eigenvalue weighted by Gasteiger charge is -2.28. The maximum atomic E-state index is 9.03. The van der Waals surface area contributed by atoms with Crippen LogP contribution in [0.3, 0.4) is 0 Å². The lowest BCUT2D eigenvalue weighted by Crippen LogP contribution is -2.29. The van der Waals surface area contributed by atoms with E-state index in [1.807, 2.05) is 6.92 Å². The summed E-state index contributed by atoms with van der Waals surface area (Å²) in [6.07, 6.45) is 1.61. The summed E-state index contributed by atoms with van der Waals surface area (Å²) in [4.78, 5) is 0. The van der Waals surface area contributed by atoms with E-state index in [0.29, 0.717) is 5.92 Å². The molecule has 2 unspecified atom stereocenters. The Hall–Kier alpha value is -0.0800. The highest BCUT2D eigenvalue weighted by Crippen LogP contribution is 2.22. The van der Waals surface area contributed by atoms with Gasteiger partial charge in [-0.05, 0) is 19.3 Å². The van der Waals surface area contributed by atoms with Crippen molar-refractivity contribution in [3.05, 3.63) is 0 Å². The molecule has 0 radical (unpaired) electrons. The van der Waals surface area contributed by atoms with E-state index < -0.39 is 6.29 Å². The second-order valence-corrected chi connectivity index (χ2v) is 2.98. The van der Waals surface area contributed by atoms with E-state index in [4.69, 9.17) is 9.84 Å². The molecule has 0 aromatic rings. The smallest absolute Gasteiger partial charge is 0.155 e. The molecule has 54 valence electrons. The Kier molecular flexibility index (Phi) is 2.09. The summed E-state index contributed by atoms with van der Waals surface area (Å²) in [5.41, 5.74) is 0. The Morgan fingerprint density at radius 3 is 2.44 bits per heavy atom. The molecule has 0 aromatic carbocycles. The zero-order valence-corrected chi connectivity index (χ0v) is 6.00. The number of aliphatic hydroxyl groups excluding tert-OH is 1. The van der Waals surface area contributed by atoms with E-state index >= 15 is 0 Å². The van der Waals surface area contributed by atoms with Crippen molar-refractivity contribution in [2.75, 3.05) is 0 Å². The van der Waals surface area contributed by atoms with Crippen molar-refractivity contribution < 1.29 is 9.84 Å². The van der Waals surface area contributed by atoms with E-state index in [1.165, 1.54) is 0 Å². The van der Waals surface area contributed by atoms with Crippen LogP contribution < -0.4 is 0 Å². The molecule has 2 nitrogen and oxygen atoms in total. The Morgan fingerprint density at radius 2 is 2.00 bits per heavy atom. The first-order valence-corrected chi connectivity index (χ1v) is 3.52. The van der Waals surface area contributed by atoms with Crippen molar-refractivity contribution in [3.63, 3.8) is 0 Å². The third-order valence-electron chi connectivity index (χ3n) is 1.73. The number of hydrogen-bond acceptors (Lipinski definition) is 2. The van der Waals surface area contributed by atoms with Gasteiger partial charge in [-0.2, -0.15) is 0 Å². The van der Waals surface area contributed by atoms with Crippen LogP contribution in [0.15, 0.2) is 0 Å². The fourth-order valence-electron chi connectivity index (χ4n) is 1.39. The number of ether oxygens (including phenoxy) is 1. The third-order valence-corrected chi connectivity index (χ3v) is 1.73. The molecule has 0 spiro atoms. The van der Waals surface area contributed by atoms with Gasteiger partial charge in [-0.25, -0.2) is 0 Å². The van der Waals surface area contributed by atoms with Crippen LogP contribution in [0.25, 0.3) is 0 Å². The molecule has 1 rings (SSSR count). The Balaban J connectivity index is 2.34. The van der Waals surface area contributed by atoms with E-state index in [0.717, 1.165) is 12.8 Å². The van der Waals surface area contributed by atoms with Gasteiger partial charge >= 0.3 is 0 Å². The predicted octanol–water partition coefficient (Wildman–Crippen LogP) is 1.14. The predicted molar refractivity (Wildman–Crippen MR) is 35.0 cm³/mol. The highest BCUT2D eigenvalue weighted by molar-refractivity contribution is 4.66. The van der Waals surface area contributed by atoms with Crippen LogP contribution >= 0.6 is 0 Å². The standard InChI is InChI=1S/C7H14O2/c1-5-3-6(2)9-7(8)4-5/h5-8H,3-4H2,1-2H3/t5?,6?,7-/m1/s1. The Morgan fingerprint density at radius 1 is 1.33 bits per heavy atom. The van der Waals surface area contributed by atoms with Crippen LogP contribution in [-0.2, 0) is 4.74 Å². The average Bonchev–Trinajstić information content (AvgIpc) is 1.59. The summed E-state index contributed by atoms with van der Waals surface area (Å²) in [6, 6.07) is 0. The van der Waals surface area contributed by atoms with Crippen LogP contribution in [0.4, 0.5) is 0 Å². The zero-order valence-electron chi connectivity index (χ0n) is 6.00. The van der Waals surface area contributed by atoms with Gasteiger partial charge in [-0.15, -0.1) is 0 Å². The van der Waals surface area contributed by atoms with Gasteiger partial charge in [0.15, 0.2) is 6.29 Å². The molecule has 2 heteroatoms. The average molecular weight is 130 g/mol. The molecular weight excluding hydrogens is 116 g/mol. The number of aliphatic hydroxyl groups is 1. The molecule has 0 bridgehead atoms. The fraction of sp³-hybridized carbons (Fsp3) is 1.00. The lowest BCUT2D eigenvalue weighted by molar-refractivity contribution is -0.169. The van der Waals surface area contributed by atoms with Gasteiger partial charge in [-0.1, -0.05) is 6.92 Å². The van der Waals surface area contributed by atoms with Gasteiger partial charge in [0.2, 0.25) is 0 Å². The summed E-state index contributed by atoms with van der Waals surface area (Å²) >= 11 is 0. The quantitative estimate of drug-likeness (QED) is 0.533. The molecule has 1 aliphatic heterocycles. The zero-order chi connectivity index (χ0) is 6.85. The van der Waals surface area contributed by atoms with Crippen LogP contribution in [0.1, 0.15) is 26.7 Å². The van der Waals surface area contributed by atoms with Gasteiger partial charge in [-0.3, -0.25) is 0 Å². The van der Waals surface area contributed by atoms with Crippen LogP contribution in [0, 0.1) is 5.92 Å². The second kappa shape index (κ2) is 2.67. The van der Waals surface area contributed by atoms with Crippen molar-refractivity contribution in [2.24, 2.45) is 5.92 Å². The highest BCUT2D eigenvalue weighted by atomic mass is 16.6. The van der Waals surface area contributed by atoms with Gasteiger partial charge in [0.05, 0.1) is 6.10 Å². The van der Waals surface area contributed by atoms with Gasteiger partial charge in [0, 0.05) is 6.42 Å². The minimum absolute atomic E-state index is 0.240. The van der Waals surface area contributed by atoms with Gasteiger partial charge < -0.3 is 9.84 Å². The summed E-state index contributed by atoms with van der Waals surface area (Å²) in [5.74, 6) is 0.615. The largest absolute Gasteiger partial charge is 0.368 e. The first-order chi connectivity index (χ1) is 4.18. The molecule has 1 heterocycles. The molecule has 3 atom stereocenters. The van der Waals surface area contributed by atoms with Crippen molar-refractivity contribution in [2.45, 2.75) is 39.1 Å². The number of hydrogen-bond donors (Lipinski definition) is 1. The molecule has 0 saturated carbocycles. The molecule has 1 N–H and O–H groups in total. The first kappa shape index (κ1) is 7.03. The van der Waals surface area contributed by atoms with Gasteiger partial charge in [0.1, 0.15) is 0 Å². The van der Waals surface area contributed by atoms with Gasteiger partial charge in [0.25, 0.3) is 0 Å². The Labute approximate surface area is 55.8 Å². The normalized spacial score (nSPS) is 45.0. The van der Waals surface area contributed by atoms with E-state index in [1.54, 1.807) is 0 Å². The summed E-state index contributed by atoms with van der Waals surface area (Å²) in [7, 11) is 0. The first-order valence-electron chi connectivity index (χ1n) is 3.52. The molecule has 0 aliphatic carbocycles. The lowest BCUT2D eigenvalue weighted by atomic mass is 9.98. The number of rotatable bonds is 0. The molecule has 0 aromatic heterocycles. The maximum Gasteiger partial charge on any atom is 0.155 e. The van der Waals surface area contributed by atoms with Crippen molar-refractivity contribution in [3.8, 4) is 0 Å². The summed E-state index contributed by atoms with van der Waals surface area (Å²) in [5, 5.41) is 9.03. The fourth-order valence-corrected chi connectivity index (χ4v) is 1.39. The van der Waals surface area contributed by atoms with Crippen LogP contribution in [0.5, 0.6) is 0 Å². The van der Waals surface area contributed by atoms with Crippen molar-refractivity contribution in [1.29, 1.82) is 0 Å². The molecule has 0 amide bonds. The summed E-state index contributed by atoms with van der Waals surface area (Å²) < 4.78 is 5.11. The maximum absolute atomic E-state index is 9.03. The summed E-state index contributed by atoms with van der Waals surface area (Å²) in [6.45, 7) is 4.14. The van der Waals surface area contributed by atoms with E-state index in [-0.39, 0.29) is 6.10 Å². The van der Waals surface area contributed by atoms with Crippen LogP contribution in [0.2, 0.25) is 0 Å². The van der Waals surface area contributed by atoms with Crippen LogP contribution in [-0.4, -0.2) is 17.5 Å². The molecule has 1 fully saturated rings. The molecule has 1 aliphatic rings. The van der Waals surface area contributed by atoms with Crippen molar-refractivity contribution in [1.82, 2.24) is 0 Å².